The van der Waals surface area contributed by atoms with Crippen molar-refractivity contribution < 1.29 is 77.6 Å². The standard InChI is InChI=1S/C22H29ClN6O2S2.3C2HF3O2/c1-28-8-10-29(11-9-28)7-3-6-24-22-25-15-18(23)21(27-22)20-13-17-5-4-16(12-19(17)32-20)14-26-33(2,30)31;3*3-2(4,5)1(6)7/h4-5,12-13,15,26H,3,6-11,14H2,1-2H3,(H,24,25,27);3*(H,6,7). The van der Waals surface area contributed by atoms with Crippen molar-refractivity contribution in [3.63, 3.8) is 0 Å². The van der Waals surface area contributed by atoms with Crippen LogP contribution in [0.4, 0.5) is 45.5 Å². The van der Waals surface area contributed by atoms with Crippen LogP contribution in [-0.2, 0) is 31.0 Å². The Morgan fingerprint density at radius 2 is 1.39 bits per heavy atom. The maximum absolute atomic E-state index is 11.4. The third-order valence-corrected chi connectivity index (χ3v) is 8.41. The first-order chi connectivity index (χ1) is 24.6. The van der Waals surface area contributed by atoms with Crippen molar-refractivity contribution >= 4 is 66.9 Å². The summed E-state index contributed by atoms with van der Waals surface area (Å²) >= 11 is 8.01. The molecule has 1 fully saturated rings. The van der Waals surface area contributed by atoms with E-state index in [2.05, 4.69) is 42.9 Å². The monoisotopic (exact) mass is 850 g/mol. The van der Waals surface area contributed by atoms with Gasteiger partial charge in [0.1, 0.15) is 5.69 Å². The number of benzene rings is 1. The Hall–Kier alpha value is -4.04. The van der Waals surface area contributed by atoms with Gasteiger partial charge in [-0.25, -0.2) is 37.5 Å². The lowest BCUT2D eigenvalue weighted by atomic mass is 10.1. The minimum absolute atomic E-state index is 0.262. The van der Waals surface area contributed by atoms with Gasteiger partial charge in [0.05, 0.1) is 22.4 Å². The first-order valence-electron chi connectivity index (χ1n) is 14.6. The number of nitrogens with zero attached hydrogens (tertiary/aromatic N) is 4. The molecule has 0 bridgehead atoms. The molecule has 14 nitrogen and oxygen atoms in total. The summed E-state index contributed by atoms with van der Waals surface area (Å²) < 4.78 is 122. The van der Waals surface area contributed by atoms with Gasteiger partial charge in [-0.15, -0.1) is 11.3 Å². The Labute approximate surface area is 309 Å². The zero-order valence-corrected chi connectivity index (χ0v) is 30.2. The van der Waals surface area contributed by atoms with E-state index in [0.29, 0.717) is 16.7 Å². The van der Waals surface area contributed by atoms with Crippen molar-refractivity contribution in [1.29, 1.82) is 0 Å². The number of nitrogens with one attached hydrogen (secondary N) is 2. The van der Waals surface area contributed by atoms with Gasteiger partial charge in [0, 0.05) is 44.0 Å². The van der Waals surface area contributed by atoms with E-state index in [4.69, 9.17) is 41.3 Å². The number of hydrogen-bond donors (Lipinski definition) is 5. The number of carbonyl (C=O) groups is 3. The van der Waals surface area contributed by atoms with Crippen LogP contribution in [0.5, 0.6) is 0 Å². The molecule has 5 N–H and O–H groups in total. The Morgan fingerprint density at radius 3 is 1.85 bits per heavy atom. The summed E-state index contributed by atoms with van der Waals surface area (Å²) in [5, 5.41) is 26.3. The van der Waals surface area contributed by atoms with E-state index in [1.54, 1.807) is 17.5 Å². The fourth-order valence-corrected chi connectivity index (χ4v) is 5.52. The average molecular weight is 851 g/mol. The highest BCUT2D eigenvalue weighted by atomic mass is 35.5. The van der Waals surface area contributed by atoms with Crippen LogP contribution >= 0.6 is 22.9 Å². The second-order valence-electron chi connectivity index (χ2n) is 10.8. The van der Waals surface area contributed by atoms with Gasteiger partial charge in [0.25, 0.3) is 0 Å². The molecule has 1 aliphatic heterocycles. The number of sulfonamides is 1. The van der Waals surface area contributed by atoms with E-state index >= 15 is 0 Å². The number of hydrogen-bond acceptors (Lipinski definition) is 11. The zero-order chi connectivity index (χ0) is 41.7. The molecule has 26 heteroatoms. The molecule has 0 saturated carbocycles. The molecular formula is C28H32ClF9N6O8S2. The summed E-state index contributed by atoms with van der Waals surface area (Å²) in [6.45, 7) is 6.62. The SMILES string of the molecule is CN1CCN(CCCNc2ncc(Cl)c(-c3cc4ccc(CNS(C)(=O)=O)cc4s3)n2)CC1.O=C(O)C(F)(F)F.O=C(O)C(F)(F)F.O=C(O)C(F)(F)F. The zero-order valence-electron chi connectivity index (χ0n) is 27.8. The highest BCUT2D eigenvalue weighted by molar-refractivity contribution is 7.88. The molecule has 0 unspecified atom stereocenters. The molecule has 1 aromatic carbocycles. The first-order valence-corrected chi connectivity index (χ1v) is 17.7. The fourth-order valence-electron chi connectivity index (χ4n) is 3.72. The van der Waals surface area contributed by atoms with Gasteiger partial charge in [-0.2, -0.15) is 39.5 Å². The summed E-state index contributed by atoms with van der Waals surface area (Å²) in [5.41, 5.74) is 1.60. The number of anilines is 1. The molecule has 3 aromatic rings. The van der Waals surface area contributed by atoms with Crippen molar-refractivity contribution in [1.82, 2.24) is 24.5 Å². The van der Waals surface area contributed by atoms with Crippen molar-refractivity contribution in [3.8, 4) is 10.6 Å². The summed E-state index contributed by atoms with van der Waals surface area (Å²) in [7, 11) is -1.07. The average Bonchev–Trinajstić information content (AvgIpc) is 3.46. The number of thiophene rings is 1. The number of likely N-dealkylation sites (N-methyl/N-ethyl adjacent to an activating group) is 1. The molecule has 0 aliphatic carbocycles. The third-order valence-electron chi connectivity index (χ3n) is 6.36. The minimum atomic E-state index is -5.08. The summed E-state index contributed by atoms with van der Waals surface area (Å²) in [5.74, 6) is -7.70. The highest BCUT2D eigenvalue weighted by Crippen LogP contribution is 2.36. The quantitative estimate of drug-likeness (QED) is 0.142. The second-order valence-corrected chi connectivity index (χ2v) is 14.1. The number of alkyl halides is 9. The van der Waals surface area contributed by atoms with Crippen molar-refractivity contribution in [2.75, 3.05) is 57.9 Å². The number of carboxylic acid groups (broad SMARTS) is 3. The Bertz CT molecular complexity index is 1760. The van der Waals surface area contributed by atoms with E-state index in [0.717, 1.165) is 72.5 Å². The number of carboxylic acids is 3. The summed E-state index contributed by atoms with van der Waals surface area (Å²) in [6, 6.07) is 7.96. The lowest BCUT2D eigenvalue weighted by Gasteiger charge is -2.32. The molecule has 0 radical (unpaired) electrons. The Balaban J connectivity index is 0.000000566. The third kappa shape index (κ3) is 18.8. The summed E-state index contributed by atoms with van der Waals surface area (Å²) in [4.78, 5) is 41.5. The highest BCUT2D eigenvalue weighted by Gasteiger charge is 2.39. The first kappa shape index (κ1) is 48.0. The number of aromatic nitrogens is 2. The van der Waals surface area contributed by atoms with Gasteiger partial charge in [0.2, 0.25) is 16.0 Å². The summed E-state index contributed by atoms with van der Waals surface area (Å²) in [6.07, 6.45) is -11.4. The number of halogens is 10. The maximum atomic E-state index is 11.4. The Morgan fingerprint density at radius 1 is 0.889 bits per heavy atom. The van der Waals surface area contributed by atoms with E-state index in [-0.39, 0.29) is 6.54 Å². The van der Waals surface area contributed by atoms with Crippen LogP contribution in [0.1, 0.15) is 12.0 Å². The molecule has 1 aliphatic rings. The maximum Gasteiger partial charge on any atom is 0.490 e. The van der Waals surface area contributed by atoms with Crippen LogP contribution in [-0.4, -0.2) is 133 Å². The minimum Gasteiger partial charge on any atom is -0.475 e. The number of piperazine rings is 1. The normalized spacial score (nSPS) is 14.1. The molecule has 4 rings (SSSR count). The van der Waals surface area contributed by atoms with Gasteiger partial charge in [0.15, 0.2) is 0 Å². The molecular weight excluding hydrogens is 819 g/mol. The van der Waals surface area contributed by atoms with E-state index < -0.39 is 46.5 Å². The predicted molar refractivity (Wildman–Crippen MR) is 178 cm³/mol. The second kappa shape index (κ2) is 20.6. The van der Waals surface area contributed by atoms with Gasteiger partial charge < -0.3 is 30.4 Å². The van der Waals surface area contributed by atoms with Crippen molar-refractivity contribution in [2.24, 2.45) is 0 Å². The largest absolute Gasteiger partial charge is 0.490 e. The molecule has 1 saturated heterocycles. The fraction of sp³-hybridized carbons (Fsp3) is 0.464. The molecule has 0 amide bonds. The lowest BCUT2D eigenvalue weighted by Crippen LogP contribution is -2.44. The molecule has 3 heterocycles. The van der Waals surface area contributed by atoms with Crippen LogP contribution in [0.2, 0.25) is 5.02 Å². The smallest absolute Gasteiger partial charge is 0.475 e. The topological polar surface area (TPSA) is 202 Å². The van der Waals surface area contributed by atoms with Crippen molar-refractivity contribution in [3.05, 3.63) is 41.0 Å². The van der Waals surface area contributed by atoms with Crippen LogP contribution in [0.3, 0.4) is 0 Å². The van der Waals surface area contributed by atoms with Gasteiger partial charge in [-0.1, -0.05) is 23.7 Å². The van der Waals surface area contributed by atoms with Gasteiger partial charge >= 0.3 is 36.4 Å². The van der Waals surface area contributed by atoms with Gasteiger partial charge in [-0.3, -0.25) is 0 Å². The Kier molecular flexibility index (Phi) is 18.3. The number of aliphatic carboxylic acids is 3. The van der Waals surface area contributed by atoms with Gasteiger partial charge in [-0.05, 0) is 43.1 Å². The predicted octanol–water partition coefficient (Wildman–Crippen LogP) is 5.01. The molecule has 0 spiro atoms. The molecule has 0 atom stereocenters. The molecule has 304 valence electrons. The lowest BCUT2D eigenvalue weighted by molar-refractivity contribution is -0.193. The van der Waals surface area contributed by atoms with E-state index in [1.807, 2.05) is 18.2 Å². The van der Waals surface area contributed by atoms with E-state index in [9.17, 15) is 47.9 Å². The number of fused-ring (bicyclic) bond motifs is 1. The van der Waals surface area contributed by atoms with Crippen LogP contribution in [0.15, 0.2) is 30.5 Å². The molecule has 54 heavy (non-hydrogen) atoms. The number of rotatable bonds is 9. The van der Waals surface area contributed by atoms with Crippen LogP contribution in [0, 0.1) is 0 Å². The van der Waals surface area contributed by atoms with Crippen LogP contribution in [0.25, 0.3) is 20.7 Å². The van der Waals surface area contributed by atoms with Crippen molar-refractivity contribution in [2.45, 2.75) is 31.5 Å². The molecule has 2 aromatic heterocycles. The van der Waals surface area contributed by atoms with Crippen LogP contribution < -0.4 is 10.0 Å². The van der Waals surface area contributed by atoms with E-state index in [1.165, 1.54) is 0 Å².